The minimum atomic E-state index is -0.862. The van der Waals surface area contributed by atoms with Gasteiger partial charge < -0.3 is 15.0 Å². The fourth-order valence-electron chi connectivity index (χ4n) is 3.49. The number of benzene rings is 1. The lowest BCUT2D eigenvalue weighted by Gasteiger charge is -2.40. The van der Waals surface area contributed by atoms with Crippen molar-refractivity contribution in [3.8, 4) is 0 Å². The van der Waals surface area contributed by atoms with E-state index >= 15 is 0 Å². The Morgan fingerprint density at radius 2 is 1.78 bits per heavy atom. The normalized spacial score (nSPS) is 20.7. The highest BCUT2D eigenvalue weighted by atomic mass is 16.5. The Hall–Kier alpha value is -2.37. The molecule has 3 atom stereocenters. The molecule has 2 amide bonds. The summed E-state index contributed by atoms with van der Waals surface area (Å²) < 4.78 is 5.25. The Morgan fingerprint density at radius 1 is 1.15 bits per heavy atom. The Labute approximate surface area is 161 Å². The van der Waals surface area contributed by atoms with E-state index in [1.165, 1.54) is 0 Å². The first kappa shape index (κ1) is 20.9. The molecule has 1 aliphatic rings. The minimum absolute atomic E-state index is 0.145. The van der Waals surface area contributed by atoms with Crippen molar-refractivity contribution in [3.63, 3.8) is 0 Å². The largest absolute Gasteiger partial charge is 0.451 e. The number of likely N-dealkylation sites (tertiary alicyclic amines) is 1. The van der Waals surface area contributed by atoms with Gasteiger partial charge in [-0.1, -0.05) is 6.07 Å². The average molecular weight is 374 g/mol. The van der Waals surface area contributed by atoms with Gasteiger partial charge in [-0.3, -0.25) is 14.4 Å². The van der Waals surface area contributed by atoms with Crippen molar-refractivity contribution in [1.82, 2.24) is 10.2 Å². The second-order valence-electron chi connectivity index (χ2n) is 7.49. The summed E-state index contributed by atoms with van der Waals surface area (Å²) in [6.07, 6.45) is 2.16. The van der Waals surface area contributed by atoms with E-state index in [2.05, 4.69) is 5.32 Å². The van der Waals surface area contributed by atoms with Crippen LogP contribution >= 0.6 is 0 Å². The molecule has 0 unspecified atom stereocenters. The van der Waals surface area contributed by atoms with E-state index in [9.17, 15) is 14.4 Å². The number of nitrogens with one attached hydrogen (secondary N) is 1. The van der Waals surface area contributed by atoms with Gasteiger partial charge in [0.15, 0.2) is 6.10 Å². The number of ether oxygens (including phenoxy) is 1. The topological polar surface area (TPSA) is 75.7 Å². The lowest BCUT2D eigenvalue weighted by Crippen LogP contribution is -2.51. The highest BCUT2D eigenvalue weighted by Gasteiger charge is 2.33. The fourth-order valence-corrected chi connectivity index (χ4v) is 3.49. The summed E-state index contributed by atoms with van der Waals surface area (Å²) in [6, 6.07) is 5.65. The van der Waals surface area contributed by atoms with Gasteiger partial charge in [-0.2, -0.15) is 0 Å². The van der Waals surface area contributed by atoms with Crippen molar-refractivity contribution in [2.24, 2.45) is 0 Å². The van der Waals surface area contributed by atoms with Gasteiger partial charge in [0.1, 0.15) is 6.54 Å². The number of carbonyl (C=O) groups is 3. The smallest absolute Gasteiger partial charge is 0.326 e. The van der Waals surface area contributed by atoms with Crippen LogP contribution < -0.4 is 5.32 Å². The summed E-state index contributed by atoms with van der Waals surface area (Å²) in [5.41, 5.74) is 2.60. The van der Waals surface area contributed by atoms with Gasteiger partial charge in [0.2, 0.25) is 0 Å². The zero-order valence-electron chi connectivity index (χ0n) is 16.9. The van der Waals surface area contributed by atoms with Crippen molar-refractivity contribution in [2.45, 2.75) is 72.1 Å². The predicted octanol–water partition coefficient (Wildman–Crippen LogP) is 2.75. The Kier molecular flexibility index (Phi) is 6.99. The highest BCUT2D eigenvalue weighted by molar-refractivity contribution is 5.96. The molecule has 0 aliphatic carbocycles. The zero-order chi connectivity index (χ0) is 20.1. The molecule has 1 aliphatic heterocycles. The predicted molar refractivity (Wildman–Crippen MR) is 103 cm³/mol. The molecular weight excluding hydrogens is 344 g/mol. The Morgan fingerprint density at radius 3 is 2.37 bits per heavy atom. The van der Waals surface area contributed by atoms with Crippen LogP contribution in [0.25, 0.3) is 0 Å². The summed E-state index contributed by atoms with van der Waals surface area (Å²) in [5.74, 6) is -1.14. The molecule has 1 fully saturated rings. The molecule has 0 aromatic heterocycles. The average Bonchev–Trinajstić information content (AvgIpc) is 2.61. The molecule has 6 heteroatoms. The van der Waals surface area contributed by atoms with E-state index in [4.69, 9.17) is 4.74 Å². The van der Waals surface area contributed by atoms with Crippen LogP contribution in [-0.2, 0) is 14.3 Å². The monoisotopic (exact) mass is 374 g/mol. The third kappa shape index (κ3) is 5.31. The van der Waals surface area contributed by atoms with Crippen LogP contribution in [0.1, 0.15) is 61.5 Å². The molecule has 1 N–H and O–H groups in total. The van der Waals surface area contributed by atoms with Gasteiger partial charge in [0, 0.05) is 17.6 Å². The van der Waals surface area contributed by atoms with Crippen LogP contribution in [0.3, 0.4) is 0 Å². The Balaban J connectivity index is 1.86. The standard InChI is InChI=1S/C21H30N2O4/c1-13-9-10-18(11-14(13)2)20(25)22-12-19(24)27-17(5)21(26)23-15(3)7-6-8-16(23)4/h9-11,15-17H,6-8,12H2,1-5H3,(H,22,25)/t15-,16+,17-/m0/s1. The van der Waals surface area contributed by atoms with Crippen LogP contribution in [-0.4, -0.2) is 47.4 Å². The number of hydrogen-bond donors (Lipinski definition) is 1. The van der Waals surface area contributed by atoms with Crippen LogP contribution in [0.4, 0.5) is 0 Å². The molecule has 1 aromatic carbocycles. The molecule has 0 spiro atoms. The van der Waals surface area contributed by atoms with E-state index in [1.807, 2.05) is 38.7 Å². The number of rotatable bonds is 5. The van der Waals surface area contributed by atoms with Crippen LogP contribution in [0.15, 0.2) is 18.2 Å². The van der Waals surface area contributed by atoms with Crippen molar-refractivity contribution >= 4 is 17.8 Å². The SMILES string of the molecule is Cc1ccc(C(=O)NCC(=O)O[C@@H](C)C(=O)N2[C@H](C)CCC[C@@H]2C)cc1C. The maximum Gasteiger partial charge on any atom is 0.326 e. The highest BCUT2D eigenvalue weighted by Crippen LogP contribution is 2.23. The van der Waals surface area contributed by atoms with E-state index < -0.39 is 12.1 Å². The van der Waals surface area contributed by atoms with Gasteiger partial charge in [-0.25, -0.2) is 0 Å². The molecule has 1 aromatic rings. The van der Waals surface area contributed by atoms with Crippen LogP contribution in [0.5, 0.6) is 0 Å². The lowest BCUT2D eigenvalue weighted by atomic mass is 9.97. The third-order valence-electron chi connectivity index (χ3n) is 5.27. The number of amides is 2. The van der Waals surface area contributed by atoms with Crippen molar-refractivity contribution < 1.29 is 19.1 Å². The molecule has 2 rings (SSSR count). The van der Waals surface area contributed by atoms with Crippen LogP contribution in [0.2, 0.25) is 0 Å². The molecule has 0 radical (unpaired) electrons. The van der Waals surface area contributed by atoms with E-state index in [0.29, 0.717) is 5.56 Å². The van der Waals surface area contributed by atoms with Crippen molar-refractivity contribution in [3.05, 3.63) is 34.9 Å². The second kappa shape index (κ2) is 9.02. The second-order valence-corrected chi connectivity index (χ2v) is 7.49. The summed E-state index contributed by atoms with van der Waals surface area (Å²) in [7, 11) is 0. The minimum Gasteiger partial charge on any atom is -0.451 e. The molecular formula is C21H30N2O4. The van der Waals surface area contributed by atoms with E-state index in [1.54, 1.807) is 19.1 Å². The number of nitrogens with zero attached hydrogens (tertiary/aromatic N) is 1. The van der Waals surface area contributed by atoms with Gasteiger partial charge in [-0.05, 0) is 77.1 Å². The number of esters is 1. The van der Waals surface area contributed by atoms with Crippen molar-refractivity contribution in [2.75, 3.05) is 6.54 Å². The quantitative estimate of drug-likeness (QED) is 0.804. The number of hydrogen-bond acceptors (Lipinski definition) is 4. The molecule has 1 saturated heterocycles. The first-order valence-corrected chi connectivity index (χ1v) is 9.57. The van der Waals surface area contributed by atoms with E-state index in [-0.39, 0.29) is 30.4 Å². The van der Waals surface area contributed by atoms with Gasteiger partial charge in [-0.15, -0.1) is 0 Å². The zero-order valence-corrected chi connectivity index (χ0v) is 16.9. The summed E-state index contributed by atoms with van der Waals surface area (Å²) >= 11 is 0. The molecule has 1 heterocycles. The first-order chi connectivity index (χ1) is 12.7. The first-order valence-electron chi connectivity index (χ1n) is 9.57. The molecule has 27 heavy (non-hydrogen) atoms. The third-order valence-corrected chi connectivity index (χ3v) is 5.27. The van der Waals surface area contributed by atoms with Crippen LogP contribution in [0, 0.1) is 13.8 Å². The number of carbonyl (C=O) groups excluding carboxylic acids is 3. The lowest BCUT2D eigenvalue weighted by molar-refractivity contribution is -0.161. The van der Waals surface area contributed by atoms with Gasteiger partial charge >= 0.3 is 5.97 Å². The Bertz CT molecular complexity index is 706. The maximum atomic E-state index is 12.6. The number of aryl methyl sites for hydroxylation is 2. The van der Waals surface area contributed by atoms with E-state index in [0.717, 1.165) is 30.4 Å². The molecule has 148 valence electrons. The number of piperidine rings is 1. The maximum absolute atomic E-state index is 12.6. The van der Waals surface area contributed by atoms with Gasteiger partial charge in [0.25, 0.3) is 11.8 Å². The summed E-state index contributed by atoms with van der Waals surface area (Å²) in [4.78, 5) is 38.7. The summed E-state index contributed by atoms with van der Waals surface area (Å²) in [5, 5.41) is 2.55. The fraction of sp³-hybridized carbons (Fsp3) is 0.571. The summed E-state index contributed by atoms with van der Waals surface area (Å²) in [6.45, 7) is 9.25. The van der Waals surface area contributed by atoms with Crippen molar-refractivity contribution in [1.29, 1.82) is 0 Å². The molecule has 0 saturated carbocycles. The van der Waals surface area contributed by atoms with Gasteiger partial charge in [0.05, 0.1) is 0 Å². The molecule has 6 nitrogen and oxygen atoms in total. The molecule has 0 bridgehead atoms.